The predicted molar refractivity (Wildman–Crippen MR) is 114 cm³/mol. The van der Waals surface area contributed by atoms with E-state index in [-0.39, 0.29) is 8.41 Å². The summed E-state index contributed by atoms with van der Waals surface area (Å²) in [6.45, 7) is 0. The van der Waals surface area contributed by atoms with E-state index in [1.807, 2.05) is 12.1 Å². The maximum atomic E-state index is 5.62. The summed E-state index contributed by atoms with van der Waals surface area (Å²) in [5, 5.41) is 3.97. The van der Waals surface area contributed by atoms with Crippen LogP contribution in [0.3, 0.4) is 0 Å². The number of rotatable bonds is 4. The fourth-order valence-electron chi connectivity index (χ4n) is 2.43. The Morgan fingerprint density at radius 1 is 0.739 bits per heavy atom. The first kappa shape index (κ1) is 18.0. The molecule has 1 nitrogen and oxygen atoms in total. The van der Waals surface area contributed by atoms with E-state index in [1.165, 1.54) is 19.5 Å². The molecule has 23 heavy (non-hydrogen) atoms. The van der Waals surface area contributed by atoms with Gasteiger partial charge in [-0.15, -0.1) is 0 Å². The molecule has 0 amide bonds. The molecule has 116 valence electrons. The summed E-state index contributed by atoms with van der Waals surface area (Å²) in [6, 6.07) is 27.6. The third kappa shape index (κ3) is 3.96. The van der Waals surface area contributed by atoms with E-state index < -0.39 is 7.92 Å². The van der Waals surface area contributed by atoms with Gasteiger partial charge in [-0.05, 0) is 53.3 Å². The zero-order valence-electron chi connectivity index (χ0n) is 12.2. The minimum absolute atomic E-state index is 0. The van der Waals surface area contributed by atoms with Crippen molar-refractivity contribution in [3.63, 3.8) is 0 Å². The second-order valence-corrected chi connectivity index (χ2v) is 8.11. The predicted octanol–water partition coefficient (Wildman–Crippen LogP) is 2.87. The quantitative estimate of drug-likeness (QED) is 0.350. The van der Waals surface area contributed by atoms with Crippen molar-refractivity contribution in [2.24, 2.45) is 0 Å². The van der Waals surface area contributed by atoms with E-state index in [2.05, 4.69) is 89.3 Å². The van der Waals surface area contributed by atoms with Crippen LogP contribution in [0.25, 0.3) is 0 Å². The third-order valence-electron chi connectivity index (χ3n) is 3.43. The van der Waals surface area contributed by atoms with Gasteiger partial charge in [-0.25, -0.2) is 0 Å². The first-order valence-electron chi connectivity index (χ1n) is 7.04. The monoisotopic (exact) mass is 432 g/mol. The molecule has 0 aromatic heterocycles. The molecule has 0 aliphatic heterocycles. The first-order chi connectivity index (χ1) is 10.8. The van der Waals surface area contributed by atoms with E-state index in [0.29, 0.717) is 0 Å². The Morgan fingerprint density at radius 2 is 1.30 bits per heavy atom. The van der Waals surface area contributed by atoms with E-state index >= 15 is 0 Å². The molecule has 0 saturated carbocycles. The van der Waals surface area contributed by atoms with Crippen molar-refractivity contribution < 1.29 is 4.74 Å². The van der Waals surface area contributed by atoms with Gasteiger partial charge in [-0.3, -0.25) is 0 Å². The summed E-state index contributed by atoms with van der Waals surface area (Å²) >= 11 is 2.43. The molecule has 0 bridgehead atoms. The molecule has 0 N–H and O–H groups in total. The molecular formula is C19H19BIOP. The van der Waals surface area contributed by atoms with Gasteiger partial charge in [0.25, 0.3) is 0 Å². The summed E-state index contributed by atoms with van der Waals surface area (Å²) in [5.41, 5.74) is 0. The van der Waals surface area contributed by atoms with Crippen molar-refractivity contribution in [1.29, 1.82) is 0 Å². The van der Waals surface area contributed by atoms with Gasteiger partial charge in [0, 0.05) is 8.87 Å². The summed E-state index contributed by atoms with van der Waals surface area (Å²) in [6.07, 6.45) is 0. The van der Waals surface area contributed by atoms with Crippen molar-refractivity contribution in [3.8, 4) is 5.75 Å². The molecular weight excluding hydrogens is 413 g/mol. The van der Waals surface area contributed by atoms with Crippen LogP contribution in [0.2, 0.25) is 0 Å². The molecule has 0 heterocycles. The molecule has 3 aromatic carbocycles. The number of hydrogen-bond donors (Lipinski definition) is 0. The molecule has 0 aliphatic rings. The molecule has 0 fully saturated rings. The van der Waals surface area contributed by atoms with Crippen LogP contribution in [0, 0.1) is 3.57 Å². The number of methoxy groups -OCH3 is 1. The van der Waals surface area contributed by atoms with E-state index in [4.69, 9.17) is 4.74 Å². The van der Waals surface area contributed by atoms with E-state index in [0.717, 1.165) is 5.75 Å². The molecule has 0 radical (unpaired) electrons. The lowest BCUT2D eigenvalue weighted by Gasteiger charge is -2.22. The Kier molecular flexibility index (Phi) is 6.67. The molecule has 4 heteroatoms. The van der Waals surface area contributed by atoms with Crippen LogP contribution >= 0.6 is 30.5 Å². The highest BCUT2D eigenvalue weighted by atomic mass is 127. The minimum Gasteiger partial charge on any atom is -0.496 e. The molecule has 3 aromatic rings. The number of hydrogen-bond acceptors (Lipinski definition) is 1. The molecule has 3 rings (SSSR count). The van der Waals surface area contributed by atoms with Crippen LogP contribution in [-0.2, 0) is 0 Å². The Morgan fingerprint density at radius 3 is 1.96 bits per heavy atom. The number of halogens is 1. The van der Waals surface area contributed by atoms with Gasteiger partial charge >= 0.3 is 0 Å². The van der Waals surface area contributed by atoms with Crippen molar-refractivity contribution in [2.45, 2.75) is 0 Å². The maximum Gasteiger partial charge on any atom is 0.127 e. The topological polar surface area (TPSA) is 9.23 Å². The van der Waals surface area contributed by atoms with Gasteiger partial charge < -0.3 is 4.74 Å². The smallest absolute Gasteiger partial charge is 0.127 e. The molecule has 0 saturated heterocycles. The molecule has 0 spiro atoms. The van der Waals surface area contributed by atoms with Crippen molar-refractivity contribution in [3.05, 3.63) is 82.4 Å². The average molecular weight is 432 g/mol. The molecule has 1 unspecified atom stereocenters. The molecule has 1 atom stereocenters. The fourth-order valence-corrected chi connectivity index (χ4v) is 5.97. The number of ether oxygens (including phenoxy) is 1. The SMILES string of the molecule is B.COc1ccccc1P(c1ccccc1)c1ccccc1I. The standard InChI is InChI=1S/C19H16IOP.BH3/c1-21-17-12-6-8-14-19(17)22(15-9-3-2-4-10-15)18-13-7-5-11-16(18)20;/h2-14H,1H3;1H3. The van der Waals surface area contributed by atoms with Gasteiger partial charge in [-0.1, -0.05) is 66.7 Å². The van der Waals surface area contributed by atoms with Crippen molar-refractivity contribution in [2.75, 3.05) is 7.11 Å². The lowest BCUT2D eigenvalue weighted by Crippen LogP contribution is -2.23. The van der Waals surface area contributed by atoms with Crippen LogP contribution in [0.5, 0.6) is 5.75 Å². The highest BCUT2D eigenvalue weighted by Gasteiger charge is 2.21. The van der Waals surface area contributed by atoms with Gasteiger partial charge in [0.1, 0.15) is 5.75 Å². The summed E-state index contributed by atoms with van der Waals surface area (Å²) in [7, 11) is 1.12. The van der Waals surface area contributed by atoms with Gasteiger partial charge in [0.2, 0.25) is 0 Å². The highest BCUT2D eigenvalue weighted by molar-refractivity contribution is 14.1. The second kappa shape index (κ2) is 8.51. The van der Waals surface area contributed by atoms with Gasteiger partial charge in [-0.2, -0.15) is 0 Å². The minimum atomic E-state index is -0.626. The van der Waals surface area contributed by atoms with Crippen molar-refractivity contribution in [1.82, 2.24) is 0 Å². The lowest BCUT2D eigenvalue weighted by atomic mass is 10.3. The summed E-state index contributed by atoms with van der Waals surface area (Å²) < 4.78 is 6.92. The van der Waals surface area contributed by atoms with Crippen LogP contribution in [0.15, 0.2) is 78.9 Å². The second-order valence-electron chi connectivity index (χ2n) is 4.79. The van der Waals surface area contributed by atoms with E-state index in [9.17, 15) is 0 Å². The van der Waals surface area contributed by atoms with Gasteiger partial charge in [0.15, 0.2) is 0 Å². The summed E-state index contributed by atoms with van der Waals surface area (Å²) in [4.78, 5) is 0. The largest absolute Gasteiger partial charge is 0.496 e. The Bertz CT molecular complexity index is 764. The first-order valence-corrected chi connectivity index (χ1v) is 9.46. The summed E-state index contributed by atoms with van der Waals surface area (Å²) in [5.74, 6) is 0.956. The van der Waals surface area contributed by atoms with Crippen LogP contribution < -0.4 is 20.7 Å². The van der Waals surface area contributed by atoms with E-state index in [1.54, 1.807) is 7.11 Å². The normalized spacial score (nSPS) is 11.4. The lowest BCUT2D eigenvalue weighted by molar-refractivity contribution is 0.418. The third-order valence-corrected chi connectivity index (χ3v) is 7.34. The molecule has 0 aliphatic carbocycles. The van der Waals surface area contributed by atoms with Crippen molar-refractivity contribution >= 4 is 54.8 Å². The maximum absolute atomic E-state index is 5.62. The van der Waals surface area contributed by atoms with Crippen LogP contribution in [0.1, 0.15) is 0 Å². The Labute approximate surface area is 154 Å². The van der Waals surface area contributed by atoms with Gasteiger partial charge in [0.05, 0.1) is 15.5 Å². The van der Waals surface area contributed by atoms with Crippen LogP contribution in [-0.4, -0.2) is 15.5 Å². The fraction of sp³-hybridized carbons (Fsp3) is 0.0526. The Hall–Kier alpha value is -1.32. The number of benzene rings is 3. The number of para-hydroxylation sites is 1. The zero-order valence-corrected chi connectivity index (χ0v) is 15.3. The zero-order chi connectivity index (χ0) is 15.4. The average Bonchev–Trinajstić information content (AvgIpc) is 2.58. The Balaban J connectivity index is 0.00000192. The highest BCUT2D eigenvalue weighted by Crippen LogP contribution is 2.37. The van der Waals surface area contributed by atoms with Crippen LogP contribution in [0.4, 0.5) is 0 Å².